The Labute approximate surface area is 131 Å². The molecule has 1 N–H and O–H groups in total. The summed E-state index contributed by atoms with van der Waals surface area (Å²) in [7, 11) is 1.61. The second-order valence-corrected chi connectivity index (χ2v) is 5.95. The van der Waals surface area contributed by atoms with Gasteiger partial charge in [0.2, 0.25) is 11.8 Å². The molecule has 0 unspecified atom stereocenters. The van der Waals surface area contributed by atoms with Gasteiger partial charge >= 0.3 is 0 Å². The van der Waals surface area contributed by atoms with E-state index >= 15 is 0 Å². The smallest absolute Gasteiger partial charge is 0.225 e. The van der Waals surface area contributed by atoms with Crippen LogP contribution in [-0.2, 0) is 20.9 Å². The number of rotatable bonds is 6. The molecule has 0 spiro atoms. The number of hydrogen-bond acceptors (Lipinski definition) is 3. The lowest BCUT2D eigenvalue weighted by Crippen LogP contribution is -2.38. The van der Waals surface area contributed by atoms with Crippen LogP contribution in [0.15, 0.2) is 24.3 Å². The van der Waals surface area contributed by atoms with Gasteiger partial charge in [0, 0.05) is 26.6 Å². The average molecular weight is 304 g/mol. The summed E-state index contributed by atoms with van der Waals surface area (Å²) in [6.45, 7) is 5.43. The fraction of sp³-hybridized carbons (Fsp3) is 0.529. The van der Waals surface area contributed by atoms with Gasteiger partial charge in [0.25, 0.3) is 0 Å². The molecule has 120 valence electrons. The van der Waals surface area contributed by atoms with Gasteiger partial charge in [0.15, 0.2) is 0 Å². The molecule has 1 heterocycles. The van der Waals surface area contributed by atoms with E-state index in [0.717, 1.165) is 5.56 Å². The van der Waals surface area contributed by atoms with Crippen molar-refractivity contribution in [2.24, 2.45) is 5.92 Å². The summed E-state index contributed by atoms with van der Waals surface area (Å²) in [5, 5.41) is 2.92. The number of likely N-dealkylation sites (tertiary alicyclic amines) is 1. The Kier molecular flexibility index (Phi) is 5.55. The predicted octanol–water partition coefficient (Wildman–Crippen LogP) is 1.49. The highest BCUT2D eigenvalue weighted by Crippen LogP contribution is 2.20. The number of hydrogen-bond donors (Lipinski definition) is 1. The maximum atomic E-state index is 12.2. The first kappa shape index (κ1) is 16.5. The van der Waals surface area contributed by atoms with Crippen LogP contribution in [0.3, 0.4) is 0 Å². The van der Waals surface area contributed by atoms with Crippen LogP contribution >= 0.6 is 0 Å². The van der Waals surface area contributed by atoms with Crippen molar-refractivity contribution in [3.05, 3.63) is 35.4 Å². The first-order chi connectivity index (χ1) is 10.5. The molecule has 22 heavy (non-hydrogen) atoms. The molecule has 0 aliphatic carbocycles. The minimum absolute atomic E-state index is 0.00685. The number of aryl methyl sites for hydroxylation is 1. The van der Waals surface area contributed by atoms with E-state index in [-0.39, 0.29) is 30.2 Å². The Balaban J connectivity index is 1.85. The third-order valence-electron chi connectivity index (χ3n) is 4.06. The topological polar surface area (TPSA) is 58.6 Å². The molecule has 1 aliphatic heterocycles. The molecule has 0 aromatic heterocycles. The number of nitrogens with zero attached hydrogens (tertiary/aromatic N) is 1. The van der Waals surface area contributed by atoms with Crippen molar-refractivity contribution in [1.29, 1.82) is 0 Å². The zero-order valence-corrected chi connectivity index (χ0v) is 13.5. The van der Waals surface area contributed by atoms with Crippen molar-refractivity contribution in [3.8, 4) is 0 Å². The number of nitrogens with one attached hydrogen (secondary N) is 1. The minimum Gasteiger partial charge on any atom is -0.383 e. The summed E-state index contributed by atoms with van der Waals surface area (Å²) in [6.07, 6.45) is 0.286. The van der Waals surface area contributed by atoms with Crippen LogP contribution in [0.1, 0.15) is 24.5 Å². The Morgan fingerprint density at radius 2 is 2.09 bits per heavy atom. The lowest BCUT2D eigenvalue weighted by atomic mass is 10.1. The van der Waals surface area contributed by atoms with Gasteiger partial charge in [-0.25, -0.2) is 0 Å². The molecule has 0 saturated carbocycles. The highest BCUT2D eigenvalue weighted by atomic mass is 16.5. The van der Waals surface area contributed by atoms with E-state index in [4.69, 9.17) is 4.74 Å². The van der Waals surface area contributed by atoms with Gasteiger partial charge in [-0.1, -0.05) is 29.8 Å². The SMILES string of the molecule is COC[C@H](C)N1C[C@H](C(=O)NCc2ccc(C)cc2)CC1=O. The Morgan fingerprint density at radius 1 is 1.41 bits per heavy atom. The number of carbonyl (C=O) groups is 2. The molecule has 0 bridgehead atoms. The normalized spacial score (nSPS) is 19.3. The number of ether oxygens (including phenoxy) is 1. The average Bonchev–Trinajstić information content (AvgIpc) is 2.89. The molecule has 1 aromatic carbocycles. The maximum absolute atomic E-state index is 12.2. The van der Waals surface area contributed by atoms with E-state index in [1.807, 2.05) is 38.1 Å². The molecule has 2 atom stereocenters. The molecule has 1 fully saturated rings. The fourth-order valence-corrected chi connectivity index (χ4v) is 2.70. The van der Waals surface area contributed by atoms with Gasteiger partial charge < -0.3 is 15.0 Å². The van der Waals surface area contributed by atoms with Crippen LogP contribution < -0.4 is 5.32 Å². The van der Waals surface area contributed by atoms with Crippen LogP contribution in [0.25, 0.3) is 0 Å². The summed E-state index contributed by atoms with van der Waals surface area (Å²) in [4.78, 5) is 26.0. The van der Waals surface area contributed by atoms with Crippen LogP contribution in [0.5, 0.6) is 0 Å². The summed E-state index contributed by atoms with van der Waals surface area (Å²) < 4.78 is 5.08. The van der Waals surface area contributed by atoms with E-state index in [1.54, 1.807) is 12.0 Å². The summed E-state index contributed by atoms with van der Waals surface area (Å²) in [5.41, 5.74) is 2.26. The first-order valence-corrected chi connectivity index (χ1v) is 7.63. The molecule has 2 amide bonds. The second-order valence-electron chi connectivity index (χ2n) is 5.95. The molecule has 2 rings (SSSR count). The van der Waals surface area contributed by atoms with E-state index in [9.17, 15) is 9.59 Å². The van der Waals surface area contributed by atoms with Crippen LogP contribution in [0.4, 0.5) is 0 Å². The van der Waals surface area contributed by atoms with Gasteiger partial charge in [-0.2, -0.15) is 0 Å². The number of amides is 2. The number of benzene rings is 1. The third-order valence-corrected chi connectivity index (χ3v) is 4.06. The third kappa shape index (κ3) is 4.07. The lowest BCUT2D eigenvalue weighted by Gasteiger charge is -2.23. The zero-order valence-electron chi connectivity index (χ0n) is 13.5. The van der Waals surface area contributed by atoms with Gasteiger partial charge in [-0.3, -0.25) is 9.59 Å². The first-order valence-electron chi connectivity index (χ1n) is 7.63. The highest BCUT2D eigenvalue weighted by molar-refractivity contribution is 5.89. The molecule has 1 saturated heterocycles. The zero-order chi connectivity index (χ0) is 16.1. The molecule has 1 aliphatic rings. The van der Waals surface area contributed by atoms with E-state index < -0.39 is 0 Å². The van der Waals surface area contributed by atoms with Crippen molar-refractivity contribution in [2.45, 2.75) is 32.9 Å². The lowest BCUT2D eigenvalue weighted by molar-refractivity contribution is -0.130. The Morgan fingerprint density at radius 3 is 2.73 bits per heavy atom. The van der Waals surface area contributed by atoms with Gasteiger partial charge in [-0.05, 0) is 19.4 Å². The minimum atomic E-state index is -0.266. The number of carbonyl (C=O) groups excluding carboxylic acids is 2. The van der Waals surface area contributed by atoms with Crippen LogP contribution in [-0.4, -0.2) is 43.0 Å². The Hall–Kier alpha value is -1.88. The van der Waals surface area contributed by atoms with Crippen molar-refractivity contribution in [2.75, 3.05) is 20.3 Å². The van der Waals surface area contributed by atoms with Gasteiger partial charge in [0.05, 0.1) is 18.6 Å². The maximum Gasteiger partial charge on any atom is 0.225 e. The van der Waals surface area contributed by atoms with Crippen molar-refractivity contribution < 1.29 is 14.3 Å². The van der Waals surface area contributed by atoms with Crippen LogP contribution in [0.2, 0.25) is 0 Å². The molecule has 0 radical (unpaired) electrons. The summed E-state index contributed by atoms with van der Waals surface area (Å²) >= 11 is 0. The van der Waals surface area contributed by atoms with Crippen LogP contribution in [0, 0.1) is 12.8 Å². The van der Waals surface area contributed by atoms with Gasteiger partial charge in [0.1, 0.15) is 0 Å². The van der Waals surface area contributed by atoms with Crippen molar-refractivity contribution >= 4 is 11.8 Å². The molecular weight excluding hydrogens is 280 g/mol. The van der Waals surface area contributed by atoms with E-state index in [2.05, 4.69) is 5.32 Å². The quantitative estimate of drug-likeness (QED) is 0.866. The molecule has 1 aromatic rings. The van der Waals surface area contributed by atoms with Crippen molar-refractivity contribution in [3.63, 3.8) is 0 Å². The number of methoxy groups -OCH3 is 1. The standard InChI is InChI=1S/C17H24N2O3/c1-12-4-6-14(7-5-12)9-18-17(21)15-8-16(20)19(10-15)13(2)11-22-3/h4-7,13,15H,8-11H2,1-3H3,(H,18,21)/t13-,15+/m0/s1. The van der Waals surface area contributed by atoms with E-state index in [1.165, 1.54) is 5.56 Å². The molecular formula is C17H24N2O3. The predicted molar refractivity (Wildman–Crippen MR) is 84.2 cm³/mol. The largest absolute Gasteiger partial charge is 0.383 e. The van der Waals surface area contributed by atoms with Crippen molar-refractivity contribution in [1.82, 2.24) is 10.2 Å². The Bertz CT molecular complexity index is 527. The molecule has 5 nitrogen and oxygen atoms in total. The summed E-state index contributed by atoms with van der Waals surface area (Å²) in [5.74, 6) is -0.293. The molecule has 5 heteroatoms. The summed E-state index contributed by atoms with van der Waals surface area (Å²) in [6, 6.07) is 8.06. The van der Waals surface area contributed by atoms with Gasteiger partial charge in [-0.15, -0.1) is 0 Å². The second kappa shape index (κ2) is 7.40. The monoisotopic (exact) mass is 304 g/mol. The highest BCUT2D eigenvalue weighted by Gasteiger charge is 2.36. The van der Waals surface area contributed by atoms with E-state index in [0.29, 0.717) is 19.7 Å². The fourth-order valence-electron chi connectivity index (χ4n) is 2.70.